The summed E-state index contributed by atoms with van der Waals surface area (Å²) in [7, 11) is 0. The number of hydrogen-bond acceptors (Lipinski definition) is 2. The number of thiophene rings is 1. The summed E-state index contributed by atoms with van der Waals surface area (Å²) in [6, 6.07) is 2.19. The van der Waals surface area contributed by atoms with E-state index in [-0.39, 0.29) is 6.10 Å². The van der Waals surface area contributed by atoms with Gasteiger partial charge in [-0.2, -0.15) is 0 Å². The van der Waals surface area contributed by atoms with Gasteiger partial charge in [-0.05, 0) is 37.3 Å². The Hall–Kier alpha value is 0.140. The number of hydrogen-bond donors (Lipinski definition) is 1. The van der Waals surface area contributed by atoms with E-state index in [0.29, 0.717) is 5.33 Å². The second kappa shape index (κ2) is 4.11. The van der Waals surface area contributed by atoms with Crippen molar-refractivity contribution in [1.29, 1.82) is 0 Å². The molecule has 0 aliphatic heterocycles. The molecule has 1 heterocycles. The minimum Gasteiger partial charge on any atom is -0.387 e. The normalized spacial score (nSPS) is 18.3. The van der Waals surface area contributed by atoms with Gasteiger partial charge in [0.2, 0.25) is 0 Å². The fourth-order valence-corrected chi connectivity index (χ4v) is 3.56. The summed E-state index contributed by atoms with van der Waals surface area (Å²) in [6.07, 6.45) is 4.75. The number of aliphatic hydroxyl groups excluding tert-OH is 1. The minimum absolute atomic E-state index is 0.310. The van der Waals surface area contributed by atoms with Gasteiger partial charge in [0.05, 0.1) is 6.10 Å². The predicted octanol–water partition coefficient (Wildman–Crippen LogP) is 3.06. The van der Waals surface area contributed by atoms with Crippen LogP contribution in [0.4, 0.5) is 0 Å². The van der Waals surface area contributed by atoms with Gasteiger partial charge in [-0.25, -0.2) is 0 Å². The van der Waals surface area contributed by atoms with Gasteiger partial charge in [0.1, 0.15) is 0 Å². The van der Waals surface area contributed by atoms with Crippen LogP contribution in [0.25, 0.3) is 0 Å². The highest BCUT2D eigenvalue weighted by molar-refractivity contribution is 9.09. The monoisotopic (exact) mass is 260 g/mol. The van der Waals surface area contributed by atoms with Crippen molar-refractivity contribution in [1.82, 2.24) is 0 Å². The fourth-order valence-electron chi connectivity index (χ4n) is 1.75. The molecule has 1 unspecified atom stereocenters. The Morgan fingerprint density at radius 1 is 1.46 bits per heavy atom. The van der Waals surface area contributed by atoms with Gasteiger partial charge in [-0.1, -0.05) is 15.9 Å². The van der Waals surface area contributed by atoms with Gasteiger partial charge in [-0.3, -0.25) is 0 Å². The van der Waals surface area contributed by atoms with Gasteiger partial charge in [0.15, 0.2) is 0 Å². The Morgan fingerprint density at radius 3 is 2.92 bits per heavy atom. The Bertz CT molecular complexity index is 272. The fraction of sp³-hybridized carbons (Fsp3) is 0.600. The number of halogens is 1. The Morgan fingerprint density at radius 2 is 2.23 bits per heavy atom. The smallest absolute Gasteiger partial charge is 0.0978 e. The highest BCUT2D eigenvalue weighted by Crippen LogP contribution is 2.33. The predicted molar refractivity (Wildman–Crippen MR) is 59.7 cm³/mol. The molecule has 1 N–H and O–H groups in total. The first-order valence-corrected chi connectivity index (χ1v) is 6.60. The van der Waals surface area contributed by atoms with Crippen LogP contribution >= 0.6 is 27.3 Å². The quantitative estimate of drug-likeness (QED) is 0.811. The summed E-state index contributed by atoms with van der Waals surface area (Å²) in [5.41, 5.74) is 1.48. The Kier molecular flexibility index (Phi) is 3.06. The topological polar surface area (TPSA) is 20.2 Å². The summed E-state index contributed by atoms with van der Waals surface area (Å²) >= 11 is 5.09. The second-order valence-corrected chi connectivity index (χ2v) is 5.29. The Balaban J connectivity index is 2.25. The van der Waals surface area contributed by atoms with Crippen molar-refractivity contribution in [2.24, 2.45) is 0 Å². The van der Waals surface area contributed by atoms with E-state index < -0.39 is 0 Å². The van der Waals surface area contributed by atoms with E-state index in [1.54, 1.807) is 11.3 Å². The second-order valence-electron chi connectivity index (χ2n) is 3.47. The third-order valence-electron chi connectivity index (χ3n) is 2.49. The van der Waals surface area contributed by atoms with E-state index in [1.165, 1.54) is 36.1 Å². The van der Waals surface area contributed by atoms with Crippen LogP contribution in [0.3, 0.4) is 0 Å². The molecule has 0 amide bonds. The van der Waals surface area contributed by atoms with Crippen molar-refractivity contribution in [3.63, 3.8) is 0 Å². The largest absolute Gasteiger partial charge is 0.387 e. The van der Waals surface area contributed by atoms with Crippen LogP contribution in [0.15, 0.2) is 6.07 Å². The molecule has 72 valence electrons. The summed E-state index contributed by atoms with van der Waals surface area (Å²) in [5.74, 6) is 0. The van der Waals surface area contributed by atoms with Gasteiger partial charge >= 0.3 is 0 Å². The molecular weight excluding hydrogens is 248 g/mol. The molecule has 13 heavy (non-hydrogen) atoms. The van der Waals surface area contributed by atoms with Crippen molar-refractivity contribution in [2.45, 2.75) is 31.8 Å². The third-order valence-corrected chi connectivity index (χ3v) is 4.44. The van der Waals surface area contributed by atoms with Crippen LogP contribution in [-0.4, -0.2) is 10.4 Å². The van der Waals surface area contributed by atoms with Gasteiger partial charge in [-0.15, -0.1) is 11.3 Å². The zero-order valence-corrected chi connectivity index (χ0v) is 9.83. The molecule has 0 bridgehead atoms. The van der Waals surface area contributed by atoms with E-state index >= 15 is 0 Å². The first-order chi connectivity index (χ1) is 6.31. The Labute approximate surface area is 90.9 Å². The molecule has 1 nitrogen and oxygen atoms in total. The van der Waals surface area contributed by atoms with Crippen molar-refractivity contribution in [2.75, 3.05) is 5.33 Å². The van der Waals surface area contributed by atoms with Gasteiger partial charge < -0.3 is 5.11 Å². The average molecular weight is 261 g/mol. The van der Waals surface area contributed by atoms with Crippen LogP contribution in [0.1, 0.15) is 34.3 Å². The maximum absolute atomic E-state index is 9.64. The summed E-state index contributed by atoms with van der Waals surface area (Å²) < 4.78 is 0. The number of rotatable bonds is 2. The molecule has 0 saturated carbocycles. The zero-order valence-electron chi connectivity index (χ0n) is 7.42. The van der Waals surface area contributed by atoms with E-state index in [0.717, 1.165) is 4.88 Å². The molecule has 0 spiro atoms. The van der Waals surface area contributed by atoms with Crippen molar-refractivity contribution >= 4 is 27.3 Å². The lowest BCUT2D eigenvalue weighted by Gasteiger charge is -2.08. The molecule has 1 atom stereocenters. The number of fused-ring (bicyclic) bond motifs is 1. The van der Waals surface area contributed by atoms with E-state index in [4.69, 9.17) is 0 Å². The molecule has 2 rings (SSSR count). The average Bonchev–Trinajstić information content (AvgIpc) is 2.59. The first-order valence-electron chi connectivity index (χ1n) is 4.67. The van der Waals surface area contributed by atoms with Crippen LogP contribution in [0.5, 0.6) is 0 Å². The van der Waals surface area contributed by atoms with E-state index in [2.05, 4.69) is 22.0 Å². The van der Waals surface area contributed by atoms with Crippen LogP contribution < -0.4 is 0 Å². The highest BCUT2D eigenvalue weighted by atomic mass is 79.9. The summed E-state index contributed by atoms with van der Waals surface area (Å²) in [6.45, 7) is 0. The SMILES string of the molecule is OC(CBr)c1cc2c(s1)CCCC2. The summed E-state index contributed by atoms with van der Waals surface area (Å²) in [4.78, 5) is 2.63. The molecular formula is C10H13BrOS. The highest BCUT2D eigenvalue weighted by Gasteiger charge is 2.16. The minimum atomic E-state index is -0.310. The lowest BCUT2D eigenvalue weighted by molar-refractivity contribution is 0.209. The van der Waals surface area contributed by atoms with Crippen LogP contribution in [0, 0.1) is 0 Å². The van der Waals surface area contributed by atoms with Crippen molar-refractivity contribution in [3.05, 3.63) is 21.4 Å². The molecule has 0 aromatic carbocycles. The standard InChI is InChI=1S/C10H13BrOS/c11-6-8(12)10-5-7-3-1-2-4-9(7)13-10/h5,8,12H,1-4,6H2. The molecule has 1 aliphatic rings. The number of alkyl halides is 1. The van der Waals surface area contributed by atoms with Gasteiger partial charge in [0, 0.05) is 15.1 Å². The molecule has 3 heteroatoms. The summed E-state index contributed by atoms with van der Waals surface area (Å²) in [5, 5.41) is 10.3. The maximum Gasteiger partial charge on any atom is 0.0978 e. The molecule has 1 aliphatic carbocycles. The van der Waals surface area contributed by atoms with E-state index in [9.17, 15) is 5.11 Å². The molecule has 0 radical (unpaired) electrons. The van der Waals surface area contributed by atoms with Crippen LogP contribution in [0.2, 0.25) is 0 Å². The molecule has 0 fully saturated rings. The first kappa shape index (κ1) is 9.69. The number of aliphatic hydroxyl groups is 1. The van der Waals surface area contributed by atoms with Crippen LogP contribution in [-0.2, 0) is 12.8 Å². The lowest BCUT2D eigenvalue weighted by Crippen LogP contribution is -1.96. The number of aryl methyl sites for hydroxylation is 2. The van der Waals surface area contributed by atoms with E-state index in [1.807, 2.05) is 0 Å². The third kappa shape index (κ3) is 1.97. The molecule has 0 saturated heterocycles. The maximum atomic E-state index is 9.64. The lowest BCUT2D eigenvalue weighted by atomic mass is 9.99. The van der Waals surface area contributed by atoms with Crippen molar-refractivity contribution < 1.29 is 5.11 Å². The van der Waals surface area contributed by atoms with Gasteiger partial charge in [0.25, 0.3) is 0 Å². The molecule has 1 aromatic rings. The molecule has 1 aromatic heterocycles. The van der Waals surface area contributed by atoms with Crippen molar-refractivity contribution in [3.8, 4) is 0 Å². The zero-order chi connectivity index (χ0) is 9.26.